The Kier molecular flexibility index (Phi) is 6.22. The molecule has 2 aromatic carbocycles. The van der Waals surface area contributed by atoms with Gasteiger partial charge in [-0.05, 0) is 37.1 Å². The van der Waals surface area contributed by atoms with Crippen molar-refractivity contribution in [1.82, 2.24) is 0 Å². The lowest BCUT2D eigenvalue weighted by atomic mass is 10.1. The van der Waals surface area contributed by atoms with Gasteiger partial charge in [0.25, 0.3) is 11.6 Å². The average molecular weight is 342 g/mol. The van der Waals surface area contributed by atoms with Gasteiger partial charge in [0, 0.05) is 24.2 Å². The molecule has 0 aliphatic heterocycles. The van der Waals surface area contributed by atoms with Gasteiger partial charge >= 0.3 is 0 Å². The van der Waals surface area contributed by atoms with E-state index >= 15 is 0 Å². The number of Topliss-reactive ketones (excluding diaryl/α,β-unsaturated/α-hetero) is 1. The summed E-state index contributed by atoms with van der Waals surface area (Å²) in [5.41, 5.74) is 1.26. The zero-order valence-corrected chi connectivity index (χ0v) is 13.7. The molecule has 7 heteroatoms. The van der Waals surface area contributed by atoms with Gasteiger partial charge in [0.1, 0.15) is 11.5 Å². The summed E-state index contributed by atoms with van der Waals surface area (Å²) < 4.78 is 5.39. The van der Waals surface area contributed by atoms with Crippen LogP contribution in [0.1, 0.15) is 18.9 Å². The summed E-state index contributed by atoms with van der Waals surface area (Å²) in [5.74, 6) is 0.250. The van der Waals surface area contributed by atoms with E-state index in [2.05, 4.69) is 5.32 Å². The largest absolute Gasteiger partial charge is 0.484 e. The van der Waals surface area contributed by atoms with Crippen molar-refractivity contribution in [3.63, 3.8) is 0 Å². The van der Waals surface area contributed by atoms with Gasteiger partial charge in [-0.25, -0.2) is 0 Å². The van der Waals surface area contributed by atoms with Crippen LogP contribution in [0.15, 0.2) is 48.5 Å². The van der Waals surface area contributed by atoms with Gasteiger partial charge in [-0.2, -0.15) is 0 Å². The van der Waals surface area contributed by atoms with E-state index in [1.807, 2.05) is 12.1 Å². The summed E-state index contributed by atoms with van der Waals surface area (Å²) in [6.45, 7) is 1.34. The Bertz CT molecular complexity index is 771. The van der Waals surface area contributed by atoms with Crippen molar-refractivity contribution < 1.29 is 19.2 Å². The molecule has 0 saturated heterocycles. The van der Waals surface area contributed by atoms with E-state index in [0.717, 1.165) is 5.56 Å². The third-order valence-corrected chi connectivity index (χ3v) is 3.40. The first-order chi connectivity index (χ1) is 11.9. The summed E-state index contributed by atoms with van der Waals surface area (Å²) in [7, 11) is 0. The molecule has 0 saturated carbocycles. The van der Waals surface area contributed by atoms with Crippen LogP contribution < -0.4 is 10.1 Å². The average Bonchev–Trinajstić information content (AvgIpc) is 2.59. The van der Waals surface area contributed by atoms with E-state index in [4.69, 9.17) is 4.74 Å². The van der Waals surface area contributed by atoms with Crippen LogP contribution in [0.5, 0.6) is 5.75 Å². The predicted octanol–water partition coefficient (Wildman–Crippen LogP) is 3.13. The van der Waals surface area contributed by atoms with Crippen LogP contribution in [0.2, 0.25) is 0 Å². The third-order valence-electron chi connectivity index (χ3n) is 3.40. The van der Waals surface area contributed by atoms with Crippen LogP contribution >= 0.6 is 0 Å². The number of carbonyl (C=O) groups is 2. The number of nitrogens with one attached hydrogen (secondary N) is 1. The quantitative estimate of drug-likeness (QED) is 0.587. The number of nitrogens with zero attached hydrogens (tertiary/aromatic N) is 1. The van der Waals surface area contributed by atoms with Crippen molar-refractivity contribution in [2.45, 2.75) is 19.8 Å². The number of benzene rings is 2. The van der Waals surface area contributed by atoms with Crippen molar-refractivity contribution in [3.8, 4) is 5.75 Å². The zero-order chi connectivity index (χ0) is 18.2. The van der Waals surface area contributed by atoms with Gasteiger partial charge in [-0.3, -0.25) is 14.9 Å². The molecule has 0 atom stereocenters. The minimum atomic E-state index is -0.528. The van der Waals surface area contributed by atoms with Crippen molar-refractivity contribution in [1.29, 1.82) is 0 Å². The highest BCUT2D eigenvalue weighted by Gasteiger charge is 2.09. The molecular weight excluding hydrogens is 324 g/mol. The number of amides is 1. The van der Waals surface area contributed by atoms with Crippen molar-refractivity contribution in [2.75, 3.05) is 11.9 Å². The summed E-state index contributed by atoms with van der Waals surface area (Å²) in [6, 6.07) is 12.8. The van der Waals surface area contributed by atoms with Gasteiger partial charge in [0.2, 0.25) is 0 Å². The molecule has 2 aromatic rings. The Balaban J connectivity index is 1.84. The Morgan fingerprint density at radius 1 is 1.16 bits per heavy atom. The molecule has 0 heterocycles. The predicted molar refractivity (Wildman–Crippen MR) is 92.7 cm³/mol. The first-order valence-electron chi connectivity index (χ1n) is 7.69. The highest BCUT2D eigenvalue weighted by molar-refractivity contribution is 5.92. The Morgan fingerprint density at radius 2 is 1.88 bits per heavy atom. The minimum Gasteiger partial charge on any atom is -0.484 e. The molecular formula is C18H18N2O5. The van der Waals surface area contributed by atoms with Crippen LogP contribution in [-0.2, 0) is 16.0 Å². The van der Waals surface area contributed by atoms with Gasteiger partial charge < -0.3 is 14.8 Å². The van der Waals surface area contributed by atoms with Crippen molar-refractivity contribution in [2.24, 2.45) is 0 Å². The van der Waals surface area contributed by atoms with Gasteiger partial charge in [-0.15, -0.1) is 0 Å². The van der Waals surface area contributed by atoms with Gasteiger partial charge in [0.05, 0.1) is 4.92 Å². The van der Waals surface area contributed by atoms with E-state index < -0.39 is 10.8 Å². The molecule has 0 aliphatic rings. The number of carbonyl (C=O) groups excluding carboxylic acids is 2. The maximum absolute atomic E-state index is 11.9. The number of anilines is 1. The first-order valence-corrected chi connectivity index (χ1v) is 7.69. The molecule has 0 aliphatic carbocycles. The summed E-state index contributed by atoms with van der Waals surface area (Å²) in [6.07, 6.45) is 1.16. The highest BCUT2D eigenvalue weighted by atomic mass is 16.6. The van der Waals surface area contributed by atoms with E-state index in [0.29, 0.717) is 24.3 Å². The molecule has 130 valence electrons. The number of aryl methyl sites for hydroxylation is 1. The Labute approximate surface area is 144 Å². The zero-order valence-electron chi connectivity index (χ0n) is 13.7. The number of non-ortho nitro benzene ring substituents is 1. The molecule has 0 bridgehead atoms. The number of nitro groups is 1. The van der Waals surface area contributed by atoms with Crippen LogP contribution in [0.4, 0.5) is 11.4 Å². The van der Waals surface area contributed by atoms with Gasteiger partial charge in [0.15, 0.2) is 6.61 Å². The minimum absolute atomic E-state index is 0.0973. The van der Waals surface area contributed by atoms with Crippen LogP contribution in [0, 0.1) is 10.1 Å². The topological polar surface area (TPSA) is 98.5 Å². The Morgan fingerprint density at radius 3 is 2.52 bits per heavy atom. The molecule has 0 aromatic heterocycles. The van der Waals surface area contributed by atoms with Crippen LogP contribution in [0.25, 0.3) is 0 Å². The van der Waals surface area contributed by atoms with E-state index in [1.165, 1.54) is 18.2 Å². The lowest BCUT2D eigenvalue weighted by Crippen LogP contribution is -2.20. The normalized spacial score (nSPS) is 10.1. The molecule has 0 spiro atoms. The molecule has 0 fully saturated rings. The number of hydrogen-bond donors (Lipinski definition) is 1. The standard InChI is InChI=1S/C18H18N2O5/c1-13(21)5-6-14-7-9-17(10-8-14)25-12-18(22)19-15-3-2-4-16(11-15)20(23)24/h2-4,7-11H,5-6,12H2,1H3,(H,19,22). The lowest BCUT2D eigenvalue weighted by molar-refractivity contribution is -0.384. The highest BCUT2D eigenvalue weighted by Crippen LogP contribution is 2.17. The molecule has 1 amide bonds. The van der Waals surface area contributed by atoms with Crippen LogP contribution in [-0.4, -0.2) is 23.2 Å². The SMILES string of the molecule is CC(=O)CCc1ccc(OCC(=O)Nc2cccc([N+](=O)[O-])c2)cc1. The fourth-order valence-corrected chi connectivity index (χ4v) is 2.12. The third kappa shape index (κ3) is 6.06. The fourth-order valence-electron chi connectivity index (χ4n) is 2.12. The smallest absolute Gasteiger partial charge is 0.271 e. The molecule has 0 unspecified atom stereocenters. The number of ether oxygens (including phenoxy) is 1. The molecule has 7 nitrogen and oxygen atoms in total. The Hall–Kier alpha value is -3.22. The number of nitro benzene ring substituents is 1. The lowest BCUT2D eigenvalue weighted by Gasteiger charge is -2.08. The first kappa shape index (κ1) is 18.1. The molecule has 1 N–H and O–H groups in total. The van der Waals surface area contributed by atoms with E-state index in [9.17, 15) is 19.7 Å². The summed E-state index contributed by atoms with van der Waals surface area (Å²) in [4.78, 5) is 33.0. The van der Waals surface area contributed by atoms with Crippen molar-refractivity contribution >= 4 is 23.1 Å². The second-order valence-corrected chi connectivity index (χ2v) is 5.49. The second kappa shape index (κ2) is 8.58. The van der Waals surface area contributed by atoms with Crippen LogP contribution in [0.3, 0.4) is 0 Å². The van der Waals surface area contributed by atoms with Crippen molar-refractivity contribution in [3.05, 3.63) is 64.2 Å². The maximum atomic E-state index is 11.9. The summed E-state index contributed by atoms with van der Waals surface area (Å²) >= 11 is 0. The number of rotatable bonds is 8. The number of hydrogen-bond acceptors (Lipinski definition) is 5. The fraction of sp³-hybridized carbons (Fsp3) is 0.222. The number of ketones is 1. The molecule has 0 radical (unpaired) electrons. The summed E-state index contributed by atoms with van der Waals surface area (Å²) in [5, 5.41) is 13.3. The maximum Gasteiger partial charge on any atom is 0.271 e. The molecule has 25 heavy (non-hydrogen) atoms. The molecule has 2 rings (SSSR count). The monoisotopic (exact) mass is 342 g/mol. The van der Waals surface area contributed by atoms with Gasteiger partial charge in [-0.1, -0.05) is 18.2 Å². The second-order valence-electron chi connectivity index (χ2n) is 5.49. The van der Waals surface area contributed by atoms with E-state index in [-0.39, 0.29) is 18.1 Å². The van der Waals surface area contributed by atoms with E-state index in [1.54, 1.807) is 25.1 Å².